The van der Waals surface area contributed by atoms with Crippen molar-refractivity contribution in [3.05, 3.63) is 24.8 Å². The van der Waals surface area contributed by atoms with Crippen LogP contribution in [0.15, 0.2) is 24.8 Å². The van der Waals surface area contributed by atoms with Gasteiger partial charge in [0.2, 0.25) is 0 Å². The molecule has 16 heavy (non-hydrogen) atoms. The summed E-state index contributed by atoms with van der Waals surface area (Å²) < 4.78 is 5.36. The number of carbonyl (C=O) groups excluding carboxylic acids is 1. The van der Waals surface area contributed by atoms with Crippen molar-refractivity contribution in [1.82, 2.24) is 0 Å². The third-order valence-corrected chi connectivity index (χ3v) is 2.53. The van der Waals surface area contributed by atoms with Gasteiger partial charge >= 0.3 is 5.97 Å². The summed E-state index contributed by atoms with van der Waals surface area (Å²) in [6.07, 6.45) is 4.82. The summed E-state index contributed by atoms with van der Waals surface area (Å²) in [7, 11) is 0. The number of carbonyl (C=O) groups is 1. The molecule has 1 unspecified atom stereocenters. The van der Waals surface area contributed by atoms with E-state index in [2.05, 4.69) is 20.1 Å². The monoisotopic (exact) mass is 224 g/mol. The third kappa shape index (κ3) is 6.44. The van der Waals surface area contributed by atoms with Crippen LogP contribution in [0.5, 0.6) is 0 Å². The van der Waals surface area contributed by atoms with Crippen molar-refractivity contribution in [3.63, 3.8) is 0 Å². The molecule has 0 spiro atoms. The summed E-state index contributed by atoms with van der Waals surface area (Å²) >= 11 is 0. The van der Waals surface area contributed by atoms with E-state index in [1.807, 2.05) is 19.9 Å². The zero-order chi connectivity index (χ0) is 12.8. The highest BCUT2D eigenvalue weighted by molar-refractivity contribution is 5.87. The molecule has 0 amide bonds. The Balaban J connectivity index is 4.09. The molecule has 0 bridgehead atoms. The second kappa shape index (κ2) is 6.51. The molecule has 0 aromatic heterocycles. The van der Waals surface area contributed by atoms with Crippen molar-refractivity contribution in [2.75, 3.05) is 0 Å². The lowest BCUT2D eigenvalue weighted by Gasteiger charge is -2.26. The van der Waals surface area contributed by atoms with E-state index in [-0.39, 0.29) is 5.97 Å². The molecule has 0 radical (unpaired) electrons. The van der Waals surface area contributed by atoms with Crippen molar-refractivity contribution in [1.29, 1.82) is 0 Å². The highest BCUT2D eigenvalue weighted by Crippen LogP contribution is 2.22. The van der Waals surface area contributed by atoms with Crippen LogP contribution in [0.1, 0.15) is 47.0 Å². The van der Waals surface area contributed by atoms with E-state index in [1.54, 1.807) is 6.92 Å². The van der Waals surface area contributed by atoms with Gasteiger partial charge < -0.3 is 4.74 Å². The fourth-order valence-corrected chi connectivity index (χ4v) is 1.39. The minimum absolute atomic E-state index is 0.304. The Hall–Kier alpha value is -1.05. The Morgan fingerprint density at radius 2 is 2.06 bits per heavy atom. The second-order valence-electron chi connectivity index (χ2n) is 5.10. The fourth-order valence-electron chi connectivity index (χ4n) is 1.39. The van der Waals surface area contributed by atoms with E-state index in [4.69, 9.17) is 4.74 Å². The van der Waals surface area contributed by atoms with Crippen LogP contribution in [0.25, 0.3) is 0 Å². The van der Waals surface area contributed by atoms with Crippen LogP contribution < -0.4 is 0 Å². The van der Waals surface area contributed by atoms with Gasteiger partial charge in [0.05, 0.1) is 0 Å². The van der Waals surface area contributed by atoms with E-state index < -0.39 is 5.60 Å². The summed E-state index contributed by atoms with van der Waals surface area (Å²) in [5.41, 5.74) is 0.0399. The van der Waals surface area contributed by atoms with Gasteiger partial charge in [0.15, 0.2) is 0 Å². The lowest BCUT2D eigenvalue weighted by molar-refractivity contribution is -0.152. The van der Waals surface area contributed by atoms with Crippen molar-refractivity contribution < 1.29 is 9.53 Å². The Labute approximate surface area is 99.4 Å². The van der Waals surface area contributed by atoms with Gasteiger partial charge in [-0.3, -0.25) is 0 Å². The van der Waals surface area contributed by atoms with E-state index in [1.165, 1.54) is 0 Å². The van der Waals surface area contributed by atoms with E-state index in [0.29, 0.717) is 11.5 Å². The highest BCUT2D eigenvalue weighted by Gasteiger charge is 2.23. The quantitative estimate of drug-likeness (QED) is 0.373. The second-order valence-corrected chi connectivity index (χ2v) is 5.10. The van der Waals surface area contributed by atoms with Gasteiger partial charge in [-0.15, -0.1) is 6.58 Å². The molecule has 0 N–H and O–H groups in total. The summed E-state index contributed by atoms with van der Waals surface area (Å²) in [6.45, 7) is 15.0. The average molecular weight is 224 g/mol. The predicted molar refractivity (Wildman–Crippen MR) is 68.2 cm³/mol. The smallest absolute Gasteiger partial charge is 0.333 e. The SMILES string of the molecule is C=CCC(C)CCC(C)(C)OC(=O)C(=C)C. The molecule has 0 rings (SSSR count). The van der Waals surface area contributed by atoms with Crippen LogP contribution in [0.4, 0.5) is 0 Å². The zero-order valence-electron chi connectivity index (χ0n) is 11.0. The molecule has 0 aliphatic rings. The van der Waals surface area contributed by atoms with Crippen LogP contribution >= 0.6 is 0 Å². The third-order valence-electron chi connectivity index (χ3n) is 2.53. The lowest BCUT2D eigenvalue weighted by atomic mass is 9.94. The first-order valence-corrected chi connectivity index (χ1v) is 5.78. The normalized spacial score (nSPS) is 13.0. The molecular weight excluding hydrogens is 200 g/mol. The maximum absolute atomic E-state index is 11.4. The number of hydrogen-bond donors (Lipinski definition) is 0. The van der Waals surface area contributed by atoms with Gasteiger partial charge in [-0.2, -0.15) is 0 Å². The molecular formula is C14H24O2. The molecule has 1 atom stereocenters. The number of ether oxygens (including phenoxy) is 1. The molecule has 0 aromatic carbocycles. The predicted octanol–water partition coefficient (Wildman–Crippen LogP) is 3.88. The van der Waals surface area contributed by atoms with Gasteiger partial charge in [0.1, 0.15) is 5.60 Å². The number of hydrogen-bond acceptors (Lipinski definition) is 2. The van der Waals surface area contributed by atoms with Gasteiger partial charge in [0, 0.05) is 5.57 Å². The molecule has 0 heterocycles. The van der Waals surface area contributed by atoms with E-state index in [9.17, 15) is 4.79 Å². The Morgan fingerprint density at radius 3 is 2.50 bits per heavy atom. The molecule has 0 aliphatic heterocycles. The summed E-state index contributed by atoms with van der Waals surface area (Å²) in [6, 6.07) is 0. The fraction of sp³-hybridized carbons (Fsp3) is 0.643. The topological polar surface area (TPSA) is 26.3 Å². The van der Waals surface area contributed by atoms with Crippen molar-refractivity contribution in [3.8, 4) is 0 Å². The number of rotatable bonds is 7. The minimum Gasteiger partial charge on any atom is -0.456 e. The molecule has 2 heteroatoms. The maximum atomic E-state index is 11.4. The molecule has 2 nitrogen and oxygen atoms in total. The van der Waals surface area contributed by atoms with Crippen molar-refractivity contribution in [2.24, 2.45) is 5.92 Å². The van der Waals surface area contributed by atoms with Crippen molar-refractivity contribution in [2.45, 2.75) is 52.6 Å². The highest BCUT2D eigenvalue weighted by atomic mass is 16.6. The molecule has 0 aromatic rings. The standard InChI is InChI=1S/C14H24O2/c1-7-8-12(4)9-10-14(5,6)16-13(15)11(2)3/h7,12H,1-2,8-10H2,3-6H3. The number of esters is 1. The largest absolute Gasteiger partial charge is 0.456 e. The lowest BCUT2D eigenvalue weighted by Crippen LogP contribution is -2.28. The van der Waals surface area contributed by atoms with Crippen LogP contribution in [-0.2, 0) is 9.53 Å². The molecule has 92 valence electrons. The molecule has 0 saturated carbocycles. The zero-order valence-corrected chi connectivity index (χ0v) is 11.0. The first-order chi connectivity index (χ1) is 7.28. The van der Waals surface area contributed by atoms with Gasteiger partial charge in [-0.05, 0) is 46.0 Å². The van der Waals surface area contributed by atoms with Gasteiger partial charge in [-0.1, -0.05) is 19.6 Å². The Kier molecular flexibility index (Phi) is 6.09. The minimum atomic E-state index is -0.411. The number of allylic oxidation sites excluding steroid dienone is 1. The van der Waals surface area contributed by atoms with Crippen LogP contribution in [-0.4, -0.2) is 11.6 Å². The summed E-state index contributed by atoms with van der Waals surface area (Å²) in [4.78, 5) is 11.4. The van der Waals surface area contributed by atoms with Gasteiger partial charge in [-0.25, -0.2) is 4.79 Å². The first-order valence-electron chi connectivity index (χ1n) is 5.78. The maximum Gasteiger partial charge on any atom is 0.333 e. The Morgan fingerprint density at radius 1 is 1.50 bits per heavy atom. The molecule has 0 aliphatic carbocycles. The van der Waals surface area contributed by atoms with Crippen LogP contribution in [0.3, 0.4) is 0 Å². The van der Waals surface area contributed by atoms with Gasteiger partial charge in [0.25, 0.3) is 0 Å². The average Bonchev–Trinajstić information content (AvgIpc) is 2.14. The van der Waals surface area contributed by atoms with Crippen molar-refractivity contribution >= 4 is 5.97 Å². The van der Waals surface area contributed by atoms with E-state index >= 15 is 0 Å². The molecule has 0 saturated heterocycles. The first kappa shape index (κ1) is 14.9. The van der Waals surface area contributed by atoms with E-state index in [0.717, 1.165) is 19.3 Å². The Bertz CT molecular complexity index is 264. The van der Waals surface area contributed by atoms with Crippen LogP contribution in [0.2, 0.25) is 0 Å². The summed E-state index contributed by atoms with van der Waals surface area (Å²) in [5, 5.41) is 0. The van der Waals surface area contributed by atoms with Crippen LogP contribution in [0, 0.1) is 5.92 Å². The summed E-state index contributed by atoms with van der Waals surface area (Å²) in [5.74, 6) is 0.279. The molecule has 0 fully saturated rings.